The van der Waals surface area contributed by atoms with Gasteiger partial charge in [-0.15, -0.1) is 0 Å². The van der Waals surface area contributed by atoms with E-state index in [1.807, 2.05) is 0 Å². The van der Waals surface area contributed by atoms with E-state index in [1.165, 1.54) is 0 Å². The SMILES string of the molecule is P=NC1NCCN1. The van der Waals surface area contributed by atoms with Crippen LogP contribution in [0.4, 0.5) is 0 Å². The smallest absolute Gasteiger partial charge is 0.157 e. The summed E-state index contributed by atoms with van der Waals surface area (Å²) in [6, 6.07) is 0. The third-order valence-corrected chi connectivity index (χ3v) is 1.19. The Hall–Kier alpha value is 0.0200. The summed E-state index contributed by atoms with van der Waals surface area (Å²) in [7, 11) is 3.02. The molecule has 1 saturated heterocycles. The maximum absolute atomic E-state index is 3.77. The number of rotatable bonds is 1. The lowest BCUT2D eigenvalue weighted by Gasteiger charge is -1.98. The lowest BCUT2D eigenvalue weighted by atomic mass is 10.7. The first kappa shape index (κ1) is 5.16. The van der Waals surface area contributed by atoms with Gasteiger partial charge in [-0.3, -0.25) is 10.6 Å². The molecule has 2 N–H and O–H groups in total. The van der Waals surface area contributed by atoms with Crippen molar-refractivity contribution in [3.63, 3.8) is 0 Å². The van der Waals surface area contributed by atoms with Crippen LogP contribution in [0.2, 0.25) is 0 Å². The molecule has 0 aromatic carbocycles. The molecule has 1 rings (SSSR count). The molecule has 0 aliphatic carbocycles. The van der Waals surface area contributed by atoms with Crippen LogP contribution in [-0.4, -0.2) is 19.4 Å². The second kappa shape index (κ2) is 2.36. The molecule has 0 spiro atoms. The highest BCUT2D eigenvalue weighted by molar-refractivity contribution is 7.04. The van der Waals surface area contributed by atoms with Gasteiger partial charge in [0, 0.05) is 13.1 Å². The maximum atomic E-state index is 3.77. The summed E-state index contributed by atoms with van der Waals surface area (Å²) in [6.45, 7) is 2.03. The van der Waals surface area contributed by atoms with Crippen molar-refractivity contribution < 1.29 is 0 Å². The fraction of sp³-hybridized carbons (Fsp3) is 1.00. The van der Waals surface area contributed by atoms with E-state index in [-0.39, 0.29) is 6.29 Å². The maximum Gasteiger partial charge on any atom is 0.157 e. The van der Waals surface area contributed by atoms with Crippen LogP contribution in [0.3, 0.4) is 0 Å². The van der Waals surface area contributed by atoms with Crippen molar-refractivity contribution in [1.29, 1.82) is 0 Å². The Morgan fingerprint density at radius 1 is 1.43 bits per heavy atom. The zero-order valence-corrected chi connectivity index (χ0v) is 4.94. The van der Waals surface area contributed by atoms with Gasteiger partial charge in [0.05, 0.1) is 0 Å². The lowest BCUT2D eigenvalue weighted by Crippen LogP contribution is -2.27. The minimum absolute atomic E-state index is 0.136. The molecule has 0 unspecified atom stereocenters. The van der Waals surface area contributed by atoms with Crippen molar-refractivity contribution in [3.8, 4) is 0 Å². The second-order valence-corrected chi connectivity index (χ2v) is 1.70. The summed E-state index contributed by atoms with van der Waals surface area (Å²) in [5.41, 5.74) is 0. The fourth-order valence-corrected chi connectivity index (χ4v) is 0.764. The van der Waals surface area contributed by atoms with Crippen LogP contribution >= 0.6 is 9.03 Å². The van der Waals surface area contributed by atoms with Crippen LogP contribution in [0.5, 0.6) is 0 Å². The Labute approximate surface area is 44.8 Å². The van der Waals surface area contributed by atoms with Gasteiger partial charge < -0.3 is 0 Å². The van der Waals surface area contributed by atoms with Gasteiger partial charge in [-0.1, -0.05) is 0 Å². The van der Waals surface area contributed by atoms with Gasteiger partial charge in [0.15, 0.2) is 6.29 Å². The van der Waals surface area contributed by atoms with E-state index in [0.29, 0.717) is 0 Å². The molecule has 40 valence electrons. The van der Waals surface area contributed by atoms with Crippen LogP contribution in [0.25, 0.3) is 0 Å². The van der Waals surface area contributed by atoms with E-state index in [1.54, 1.807) is 0 Å². The van der Waals surface area contributed by atoms with Crippen molar-refractivity contribution in [2.24, 2.45) is 4.74 Å². The van der Waals surface area contributed by atoms with Crippen molar-refractivity contribution >= 4 is 9.03 Å². The molecular weight excluding hydrogens is 109 g/mol. The molecule has 1 aliphatic rings. The van der Waals surface area contributed by atoms with E-state index < -0.39 is 0 Å². The van der Waals surface area contributed by atoms with E-state index in [0.717, 1.165) is 13.1 Å². The van der Waals surface area contributed by atoms with Crippen LogP contribution in [0.15, 0.2) is 4.74 Å². The molecular formula is C3H8N3P. The third-order valence-electron chi connectivity index (χ3n) is 0.929. The molecule has 0 aromatic heterocycles. The summed E-state index contributed by atoms with van der Waals surface area (Å²) in [5, 5.41) is 6.16. The van der Waals surface area contributed by atoms with Gasteiger partial charge in [0.25, 0.3) is 0 Å². The molecule has 0 aromatic rings. The molecule has 0 atom stereocenters. The van der Waals surface area contributed by atoms with Gasteiger partial charge in [-0.05, 0) is 9.03 Å². The number of nitrogens with one attached hydrogen (secondary N) is 2. The van der Waals surface area contributed by atoms with Crippen molar-refractivity contribution in [3.05, 3.63) is 0 Å². The molecule has 0 amide bonds. The topological polar surface area (TPSA) is 36.4 Å². The highest BCUT2D eigenvalue weighted by Gasteiger charge is 2.07. The van der Waals surface area contributed by atoms with Crippen LogP contribution in [-0.2, 0) is 0 Å². The molecule has 1 fully saturated rings. The molecule has 0 saturated carbocycles. The largest absolute Gasteiger partial charge is 0.282 e. The molecule has 0 bridgehead atoms. The first-order valence-corrected chi connectivity index (χ1v) is 2.71. The first-order valence-electron chi connectivity index (χ1n) is 2.27. The summed E-state index contributed by atoms with van der Waals surface area (Å²) in [6.07, 6.45) is 0.136. The molecule has 1 aliphatic heterocycles. The number of nitrogens with zero attached hydrogens (tertiary/aromatic N) is 1. The molecule has 0 radical (unpaired) electrons. The number of hydrogen-bond acceptors (Lipinski definition) is 3. The standard InChI is InChI=1S/C3H8N3P/c7-6-3-4-1-2-5-3/h3-5,7H,1-2H2. The van der Waals surface area contributed by atoms with Gasteiger partial charge in [0.1, 0.15) is 0 Å². The Balaban J connectivity index is 2.26. The Bertz CT molecular complexity index is 68.6. The van der Waals surface area contributed by atoms with Crippen molar-refractivity contribution in [2.75, 3.05) is 13.1 Å². The lowest BCUT2D eigenvalue weighted by molar-refractivity contribution is 0.589. The monoisotopic (exact) mass is 117 g/mol. The van der Waals surface area contributed by atoms with E-state index >= 15 is 0 Å². The van der Waals surface area contributed by atoms with Gasteiger partial charge in [0.2, 0.25) is 0 Å². The first-order chi connectivity index (χ1) is 3.43. The quantitative estimate of drug-likeness (QED) is 0.466. The Morgan fingerprint density at radius 2 is 2.00 bits per heavy atom. The van der Waals surface area contributed by atoms with E-state index in [4.69, 9.17) is 0 Å². The zero-order chi connectivity index (χ0) is 5.11. The fourth-order valence-electron chi connectivity index (χ4n) is 0.581. The molecule has 7 heavy (non-hydrogen) atoms. The van der Waals surface area contributed by atoms with Gasteiger partial charge in [-0.2, -0.15) is 0 Å². The second-order valence-electron chi connectivity index (χ2n) is 1.44. The Morgan fingerprint density at radius 3 is 2.29 bits per heavy atom. The summed E-state index contributed by atoms with van der Waals surface area (Å²) >= 11 is 0. The Kier molecular flexibility index (Phi) is 1.74. The van der Waals surface area contributed by atoms with Crippen LogP contribution < -0.4 is 10.6 Å². The number of hydrogen-bond donors (Lipinski definition) is 2. The minimum Gasteiger partial charge on any atom is -0.282 e. The highest BCUT2D eigenvalue weighted by atomic mass is 31.0. The van der Waals surface area contributed by atoms with Gasteiger partial charge in [-0.25, -0.2) is 4.74 Å². The average molecular weight is 117 g/mol. The summed E-state index contributed by atoms with van der Waals surface area (Å²) in [4.78, 5) is 0. The predicted molar refractivity (Wildman–Crippen MR) is 30.5 cm³/mol. The molecule has 3 nitrogen and oxygen atoms in total. The van der Waals surface area contributed by atoms with Crippen LogP contribution in [0.1, 0.15) is 0 Å². The average Bonchev–Trinajstić information content (AvgIpc) is 2.14. The van der Waals surface area contributed by atoms with Gasteiger partial charge >= 0.3 is 0 Å². The minimum atomic E-state index is 0.136. The zero-order valence-electron chi connectivity index (χ0n) is 3.94. The summed E-state index contributed by atoms with van der Waals surface area (Å²) < 4.78 is 3.77. The molecule has 1 heterocycles. The highest BCUT2D eigenvalue weighted by Crippen LogP contribution is 1.87. The normalized spacial score (nSPS) is 22.9. The predicted octanol–water partition coefficient (Wildman–Crippen LogP) is -0.211. The van der Waals surface area contributed by atoms with E-state index in [2.05, 4.69) is 24.4 Å². The van der Waals surface area contributed by atoms with E-state index in [9.17, 15) is 0 Å². The van der Waals surface area contributed by atoms with Crippen molar-refractivity contribution in [1.82, 2.24) is 10.6 Å². The van der Waals surface area contributed by atoms with Crippen LogP contribution in [0, 0.1) is 0 Å². The van der Waals surface area contributed by atoms with Crippen molar-refractivity contribution in [2.45, 2.75) is 6.29 Å². The molecule has 4 heteroatoms. The summed E-state index contributed by atoms with van der Waals surface area (Å²) in [5.74, 6) is 0. The third kappa shape index (κ3) is 1.20.